The fraction of sp³-hybridized carbons (Fsp3) is 0.545. The predicted molar refractivity (Wildman–Crippen MR) is 111 cm³/mol. The molecule has 2 amide bonds. The maximum absolute atomic E-state index is 13.3. The fourth-order valence-corrected chi connectivity index (χ4v) is 3.96. The minimum Gasteiger partial charge on any atom is -0.444 e. The highest BCUT2D eigenvalue weighted by molar-refractivity contribution is 5.98. The molecule has 0 saturated heterocycles. The number of hydrogen-bond donors (Lipinski definition) is 2. The van der Waals surface area contributed by atoms with Gasteiger partial charge < -0.3 is 19.9 Å². The average Bonchev–Trinajstić information content (AvgIpc) is 3.07. The Balaban J connectivity index is 1.77. The lowest BCUT2D eigenvalue weighted by Gasteiger charge is -2.38. The zero-order valence-corrected chi connectivity index (χ0v) is 17.9. The van der Waals surface area contributed by atoms with Gasteiger partial charge in [0.05, 0.1) is 0 Å². The average molecular weight is 439 g/mol. The van der Waals surface area contributed by atoms with Gasteiger partial charge in [0.25, 0.3) is 5.91 Å². The smallest absolute Gasteiger partial charge is 0.407 e. The van der Waals surface area contributed by atoms with Crippen LogP contribution in [0.1, 0.15) is 56.9 Å². The van der Waals surface area contributed by atoms with Crippen LogP contribution in [-0.4, -0.2) is 52.3 Å². The molecule has 6 nitrogen and oxygen atoms in total. The number of carbonyl (C=O) groups is 2. The third-order valence-corrected chi connectivity index (χ3v) is 5.18. The molecule has 2 N–H and O–H groups in total. The lowest BCUT2D eigenvalue weighted by atomic mass is 9.89. The van der Waals surface area contributed by atoms with Crippen molar-refractivity contribution in [2.24, 2.45) is 0 Å². The van der Waals surface area contributed by atoms with Crippen LogP contribution in [0.2, 0.25) is 0 Å². The van der Waals surface area contributed by atoms with E-state index in [1.54, 1.807) is 51.1 Å². The number of H-pyrrole nitrogens is 1. The van der Waals surface area contributed by atoms with Crippen molar-refractivity contribution >= 4 is 22.9 Å². The molecule has 1 fully saturated rings. The molecule has 0 radical (unpaired) electrons. The van der Waals surface area contributed by atoms with Gasteiger partial charge in [0.15, 0.2) is 0 Å². The number of benzene rings is 1. The van der Waals surface area contributed by atoms with Gasteiger partial charge in [0.1, 0.15) is 17.8 Å². The molecule has 2 atom stereocenters. The van der Waals surface area contributed by atoms with Crippen molar-refractivity contribution in [2.75, 3.05) is 6.54 Å². The van der Waals surface area contributed by atoms with E-state index < -0.39 is 36.4 Å². The van der Waals surface area contributed by atoms with Crippen LogP contribution in [0.4, 0.5) is 18.0 Å². The number of hydrogen-bond acceptors (Lipinski definition) is 3. The van der Waals surface area contributed by atoms with E-state index in [9.17, 15) is 22.8 Å². The van der Waals surface area contributed by atoms with Crippen LogP contribution >= 0.6 is 0 Å². The lowest BCUT2D eigenvalue weighted by molar-refractivity contribution is -0.146. The Labute approximate surface area is 179 Å². The van der Waals surface area contributed by atoms with Crippen molar-refractivity contribution in [1.29, 1.82) is 0 Å². The summed E-state index contributed by atoms with van der Waals surface area (Å²) in [6, 6.07) is 7.70. The molecule has 0 bridgehead atoms. The second kappa shape index (κ2) is 8.80. The molecule has 0 spiro atoms. The molecule has 0 aliphatic heterocycles. The summed E-state index contributed by atoms with van der Waals surface area (Å²) in [4.78, 5) is 29.0. The summed E-state index contributed by atoms with van der Waals surface area (Å²) in [5.74, 6) is -0.698. The second-order valence-corrected chi connectivity index (χ2v) is 8.98. The largest absolute Gasteiger partial charge is 0.444 e. The summed E-state index contributed by atoms with van der Waals surface area (Å²) in [7, 11) is 0. The van der Waals surface area contributed by atoms with Crippen molar-refractivity contribution in [3.05, 3.63) is 36.0 Å². The highest BCUT2D eigenvalue weighted by Gasteiger charge is 2.39. The molecule has 170 valence electrons. The number of aromatic amines is 1. The number of para-hydroxylation sites is 1. The Morgan fingerprint density at radius 2 is 1.90 bits per heavy atom. The van der Waals surface area contributed by atoms with E-state index in [-0.39, 0.29) is 18.2 Å². The summed E-state index contributed by atoms with van der Waals surface area (Å²) in [6.07, 6.45) is -3.25. The molecular weight excluding hydrogens is 411 g/mol. The number of nitrogens with one attached hydrogen (secondary N) is 2. The monoisotopic (exact) mass is 439 g/mol. The van der Waals surface area contributed by atoms with Crippen LogP contribution in [-0.2, 0) is 4.74 Å². The van der Waals surface area contributed by atoms with Gasteiger partial charge in [-0.25, -0.2) is 4.79 Å². The summed E-state index contributed by atoms with van der Waals surface area (Å²) >= 11 is 0. The van der Waals surface area contributed by atoms with Crippen LogP contribution in [0.5, 0.6) is 0 Å². The number of fused-ring (bicyclic) bond motifs is 1. The van der Waals surface area contributed by atoms with Gasteiger partial charge in [-0.1, -0.05) is 18.2 Å². The minimum absolute atomic E-state index is 0.118. The molecule has 1 aromatic heterocycles. The zero-order chi connectivity index (χ0) is 22.8. The molecule has 31 heavy (non-hydrogen) atoms. The Kier molecular flexibility index (Phi) is 6.52. The Bertz CT molecular complexity index is 900. The van der Waals surface area contributed by atoms with E-state index in [0.29, 0.717) is 24.8 Å². The van der Waals surface area contributed by atoms with E-state index >= 15 is 0 Å². The maximum Gasteiger partial charge on any atom is 0.407 e. The Morgan fingerprint density at radius 1 is 1.19 bits per heavy atom. The van der Waals surface area contributed by atoms with Crippen LogP contribution in [0, 0.1) is 0 Å². The second-order valence-electron chi connectivity index (χ2n) is 8.98. The standard InChI is InChI=1S/C22H28F3N3O3/c1-21(2,3)31-20(30)26-15-8-6-9-16(12-15)28(13-22(23,24)25)19(29)18-11-14-7-4-5-10-17(14)27-18/h4-5,7,10-11,15-16,27H,6,8-9,12-13H2,1-3H3,(H,26,30). The van der Waals surface area contributed by atoms with E-state index in [2.05, 4.69) is 10.3 Å². The summed E-state index contributed by atoms with van der Waals surface area (Å²) in [5.41, 5.74) is 0.130. The number of carbonyl (C=O) groups excluding carboxylic acids is 2. The van der Waals surface area contributed by atoms with Crippen LogP contribution in [0.15, 0.2) is 30.3 Å². The molecule has 1 aliphatic rings. The van der Waals surface area contributed by atoms with Gasteiger partial charge >= 0.3 is 12.3 Å². The zero-order valence-electron chi connectivity index (χ0n) is 17.9. The normalized spacial score (nSPS) is 19.8. The first kappa shape index (κ1) is 23.0. The van der Waals surface area contributed by atoms with E-state index in [1.165, 1.54) is 0 Å². The van der Waals surface area contributed by atoms with Crippen LogP contribution in [0.25, 0.3) is 10.9 Å². The van der Waals surface area contributed by atoms with Gasteiger partial charge in [-0.3, -0.25) is 4.79 Å². The lowest BCUT2D eigenvalue weighted by Crippen LogP contribution is -2.51. The fourth-order valence-electron chi connectivity index (χ4n) is 3.96. The third-order valence-electron chi connectivity index (χ3n) is 5.18. The van der Waals surface area contributed by atoms with Crippen molar-refractivity contribution in [3.63, 3.8) is 0 Å². The van der Waals surface area contributed by atoms with Crippen molar-refractivity contribution in [3.8, 4) is 0 Å². The number of nitrogens with zero attached hydrogens (tertiary/aromatic N) is 1. The first-order valence-corrected chi connectivity index (χ1v) is 10.4. The van der Waals surface area contributed by atoms with Crippen LogP contribution < -0.4 is 5.32 Å². The highest BCUT2D eigenvalue weighted by Crippen LogP contribution is 2.29. The van der Waals surface area contributed by atoms with E-state index in [1.807, 2.05) is 0 Å². The third kappa shape index (κ3) is 6.38. The van der Waals surface area contributed by atoms with Crippen LogP contribution in [0.3, 0.4) is 0 Å². The quantitative estimate of drug-likeness (QED) is 0.703. The molecule has 2 unspecified atom stereocenters. The van der Waals surface area contributed by atoms with Crippen molar-refractivity contribution in [1.82, 2.24) is 15.2 Å². The topological polar surface area (TPSA) is 74.4 Å². The summed E-state index contributed by atoms with van der Waals surface area (Å²) in [6.45, 7) is 3.87. The predicted octanol–water partition coefficient (Wildman–Crippen LogP) is 5.01. The molecule has 1 saturated carbocycles. The van der Waals surface area contributed by atoms with Crippen molar-refractivity contribution < 1.29 is 27.5 Å². The van der Waals surface area contributed by atoms with Gasteiger partial charge in [-0.05, 0) is 58.6 Å². The van der Waals surface area contributed by atoms with Gasteiger partial charge in [0, 0.05) is 23.0 Å². The van der Waals surface area contributed by atoms with E-state index in [4.69, 9.17) is 4.74 Å². The minimum atomic E-state index is -4.53. The first-order chi connectivity index (χ1) is 14.4. The first-order valence-electron chi connectivity index (χ1n) is 10.4. The van der Waals surface area contributed by atoms with Gasteiger partial charge in [-0.15, -0.1) is 0 Å². The van der Waals surface area contributed by atoms with Gasteiger partial charge in [0.2, 0.25) is 0 Å². The molecule has 9 heteroatoms. The van der Waals surface area contributed by atoms with Gasteiger partial charge in [-0.2, -0.15) is 13.2 Å². The highest BCUT2D eigenvalue weighted by atomic mass is 19.4. The Morgan fingerprint density at radius 3 is 2.55 bits per heavy atom. The molecule has 3 rings (SSSR count). The number of alkyl carbamates (subject to hydrolysis) is 1. The summed E-state index contributed by atoms with van der Waals surface area (Å²) in [5, 5.41) is 3.49. The Hall–Kier alpha value is -2.71. The molecule has 2 aromatic rings. The van der Waals surface area contributed by atoms with Crippen molar-refractivity contribution in [2.45, 2.75) is 70.3 Å². The molecular formula is C22H28F3N3O3. The summed E-state index contributed by atoms with van der Waals surface area (Å²) < 4.78 is 45.3. The molecule has 1 aromatic carbocycles. The number of alkyl halides is 3. The number of halogens is 3. The number of rotatable bonds is 4. The van der Waals surface area contributed by atoms with E-state index in [0.717, 1.165) is 10.3 Å². The number of amides is 2. The molecule has 1 aliphatic carbocycles. The molecule has 1 heterocycles. The number of aromatic nitrogens is 1. The maximum atomic E-state index is 13.3. The SMILES string of the molecule is CC(C)(C)OC(=O)NC1CCCC(N(CC(F)(F)F)C(=O)c2cc3ccccc3[nH]2)C1. The number of ether oxygens (including phenoxy) is 1.